The van der Waals surface area contributed by atoms with Crippen LogP contribution in [-0.4, -0.2) is 27.9 Å². The monoisotopic (exact) mass is 343 g/mol. The van der Waals surface area contributed by atoms with Crippen LogP contribution < -0.4 is 5.32 Å². The van der Waals surface area contributed by atoms with E-state index < -0.39 is 18.0 Å². The molecule has 2 aromatic carbocycles. The summed E-state index contributed by atoms with van der Waals surface area (Å²) in [4.78, 5) is 31.3. The van der Waals surface area contributed by atoms with E-state index in [2.05, 4.69) is 15.3 Å². The van der Waals surface area contributed by atoms with Gasteiger partial charge in [-0.05, 0) is 37.3 Å². The zero-order valence-electron chi connectivity index (χ0n) is 12.7. The smallest absolute Gasteiger partial charge is 0.338 e. The van der Waals surface area contributed by atoms with Crippen molar-refractivity contribution in [3.63, 3.8) is 0 Å². The molecule has 0 bridgehead atoms. The first-order chi connectivity index (χ1) is 11.5. The number of carbonyl (C=O) groups is 2. The van der Waals surface area contributed by atoms with Gasteiger partial charge in [0, 0.05) is 0 Å². The first kappa shape index (κ1) is 16.0. The number of aromatic amines is 1. The molecule has 6 nitrogen and oxygen atoms in total. The van der Waals surface area contributed by atoms with Crippen LogP contribution >= 0.6 is 11.6 Å². The molecule has 0 aliphatic carbocycles. The number of hydrogen-bond donors (Lipinski definition) is 2. The first-order valence-electron chi connectivity index (χ1n) is 7.24. The van der Waals surface area contributed by atoms with Gasteiger partial charge in [0.2, 0.25) is 0 Å². The van der Waals surface area contributed by atoms with Gasteiger partial charge in [-0.1, -0.05) is 23.7 Å². The summed E-state index contributed by atoms with van der Waals surface area (Å²) in [5.41, 5.74) is 2.27. The second-order valence-electron chi connectivity index (χ2n) is 5.15. The second-order valence-corrected chi connectivity index (χ2v) is 5.56. The molecule has 1 atom stereocenters. The molecule has 0 aliphatic heterocycles. The van der Waals surface area contributed by atoms with Crippen molar-refractivity contribution in [2.75, 3.05) is 5.32 Å². The number of carbonyl (C=O) groups excluding carboxylic acids is 2. The minimum absolute atomic E-state index is 0.337. The average molecular weight is 344 g/mol. The van der Waals surface area contributed by atoms with E-state index in [1.165, 1.54) is 6.92 Å². The van der Waals surface area contributed by atoms with Crippen LogP contribution in [0.15, 0.2) is 48.8 Å². The Labute approximate surface area is 142 Å². The van der Waals surface area contributed by atoms with Crippen LogP contribution in [-0.2, 0) is 9.53 Å². The predicted octanol–water partition coefficient (Wildman–Crippen LogP) is 3.40. The summed E-state index contributed by atoms with van der Waals surface area (Å²) in [5.74, 6) is -1.05. The third-order valence-electron chi connectivity index (χ3n) is 3.44. The number of aromatic nitrogens is 2. The number of nitrogens with zero attached hydrogens (tertiary/aromatic N) is 1. The Kier molecular flexibility index (Phi) is 4.48. The van der Waals surface area contributed by atoms with E-state index in [1.807, 2.05) is 0 Å². The van der Waals surface area contributed by atoms with E-state index in [9.17, 15) is 9.59 Å². The van der Waals surface area contributed by atoms with Crippen LogP contribution in [0.4, 0.5) is 5.69 Å². The fraction of sp³-hybridized carbons (Fsp3) is 0.118. The highest BCUT2D eigenvalue weighted by Crippen LogP contribution is 2.21. The van der Waals surface area contributed by atoms with Crippen LogP contribution in [0.5, 0.6) is 0 Å². The number of halogens is 1. The minimum Gasteiger partial charge on any atom is -0.449 e. The Hall–Kier alpha value is -2.86. The Bertz CT molecular complexity index is 907. The van der Waals surface area contributed by atoms with Gasteiger partial charge in [-0.25, -0.2) is 9.78 Å². The Morgan fingerprint density at radius 1 is 1.25 bits per heavy atom. The van der Waals surface area contributed by atoms with Crippen LogP contribution in [0.3, 0.4) is 0 Å². The molecule has 0 fully saturated rings. The van der Waals surface area contributed by atoms with Gasteiger partial charge in [-0.15, -0.1) is 0 Å². The van der Waals surface area contributed by atoms with Gasteiger partial charge in [0.05, 0.1) is 33.6 Å². The molecule has 1 unspecified atom stereocenters. The lowest BCUT2D eigenvalue weighted by atomic mass is 10.2. The molecule has 3 aromatic rings. The van der Waals surface area contributed by atoms with E-state index in [0.717, 1.165) is 11.0 Å². The molecule has 122 valence electrons. The number of esters is 1. The van der Waals surface area contributed by atoms with Gasteiger partial charge in [-0.2, -0.15) is 0 Å². The van der Waals surface area contributed by atoms with E-state index >= 15 is 0 Å². The summed E-state index contributed by atoms with van der Waals surface area (Å²) in [6, 6.07) is 11.8. The summed E-state index contributed by atoms with van der Waals surface area (Å²) in [5, 5.41) is 3.04. The topological polar surface area (TPSA) is 84.1 Å². The lowest BCUT2D eigenvalue weighted by Gasteiger charge is -2.14. The molecule has 24 heavy (non-hydrogen) atoms. The maximum Gasteiger partial charge on any atom is 0.338 e. The molecule has 0 radical (unpaired) electrons. The molecule has 0 spiro atoms. The number of hydrogen-bond acceptors (Lipinski definition) is 4. The highest BCUT2D eigenvalue weighted by Gasteiger charge is 2.20. The molecular formula is C17H14ClN3O3. The van der Waals surface area contributed by atoms with Gasteiger partial charge in [0.1, 0.15) is 0 Å². The van der Waals surface area contributed by atoms with E-state index in [1.54, 1.807) is 48.8 Å². The molecule has 0 aliphatic rings. The second kappa shape index (κ2) is 6.72. The number of fused-ring (bicyclic) bond motifs is 1. The largest absolute Gasteiger partial charge is 0.449 e. The SMILES string of the molecule is CC(OC(=O)c1ccc2nc[nH]c2c1)C(=O)Nc1ccccc1Cl. The summed E-state index contributed by atoms with van der Waals surface area (Å²) in [6.45, 7) is 1.50. The number of amides is 1. The lowest BCUT2D eigenvalue weighted by Crippen LogP contribution is -2.30. The minimum atomic E-state index is -0.966. The molecule has 7 heteroatoms. The highest BCUT2D eigenvalue weighted by molar-refractivity contribution is 6.33. The molecule has 1 aromatic heterocycles. The van der Waals surface area contributed by atoms with Gasteiger partial charge < -0.3 is 15.0 Å². The Morgan fingerprint density at radius 3 is 2.83 bits per heavy atom. The number of ether oxygens (including phenoxy) is 1. The summed E-state index contributed by atoms with van der Waals surface area (Å²) < 4.78 is 5.21. The van der Waals surface area contributed by atoms with Crippen LogP contribution in [0.25, 0.3) is 11.0 Å². The van der Waals surface area contributed by atoms with Crippen molar-refractivity contribution in [2.24, 2.45) is 0 Å². The van der Waals surface area contributed by atoms with Crippen LogP contribution in [0.2, 0.25) is 5.02 Å². The first-order valence-corrected chi connectivity index (χ1v) is 7.62. The van der Waals surface area contributed by atoms with Crippen molar-refractivity contribution in [2.45, 2.75) is 13.0 Å². The van der Waals surface area contributed by atoms with Crippen molar-refractivity contribution in [1.82, 2.24) is 9.97 Å². The quantitative estimate of drug-likeness (QED) is 0.711. The van der Waals surface area contributed by atoms with Crippen molar-refractivity contribution in [1.29, 1.82) is 0 Å². The van der Waals surface area contributed by atoms with E-state index in [4.69, 9.17) is 16.3 Å². The van der Waals surface area contributed by atoms with E-state index in [0.29, 0.717) is 16.3 Å². The number of imidazole rings is 1. The number of anilines is 1. The molecule has 0 saturated carbocycles. The Morgan fingerprint density at radius 2 is 2.04 bits per heavy atom. The van der Waals surface area contributed by atoms with Crippen molar-refractivity contribution in [3.8, 4) is 0 Å². The summed E-state index contributed by atoms with van der Waals surface area (Å²) in [7, 11) is 0. The average Bonchev–Trinajstić information content (AvgIpc) is 3.04. The Balaban J connectivity index is 1.67. The molecule has 1 amide bonds. The van der Waals surface area contributed by atoms with Crippen LogP contribution in [0, 0.1) is 0 Å². The summed E-state index contributed by atoms with van der Waals surface area (Å²) in [6.07, 6.45) is 0.575. The maximum atomic E-state index is 12.2. The molecular weight excluding hydrogens is 330 g/mol. The third-order valence-corrected chi connectivity index (χ3v) is 3.77. The molecule has 0 saturated heterocycles. The summed E-state index contributed by atoms with van der Waals surface area (Å²) >= 11 is 5.99. The predicted molar refractivity (Wildman–Crippen MR) is 91.1 cm³/mol. The van der Waals surface area contributed by atoms with Gasteiger partial charge in [0.25, 0.3) is 5.91 Å². The zero-order valence-corrected chi connectivity index (χ0v) is 13.5. The van der Waals surface area contributed by atoms with Crippen molar-refractivity contribution >= 4 is 40.2 Å². The van der Waals surface area contributed by atoms with E-state index in [-0.39, 0.29) is 0 Å². The standard InChI is InChI=1S/C17H14ClN3O3/c1-10(16(22)21-13-5-3-2-4-12(13)18)24-17(23)11-6-7-14-15(8-11)20-9-19-14/h2-10H,1H3,(H,19,20)(H,21,22). The zero-order chi connectivity index (χ0) is 17.1. The number of nitrogens with one attached hydrogen (secondary N) is 2. The van der Waals surface area contributed by atoms with Crippen molar-refractivity contribution < 1.29 is 14.3 Å². The fourth-order valence-corrected chi connectivity index (χ4v) is 2.32. The fourth-order valence-electron chi connectivity index (χ4n) is 2.14. The third kappa shape index (κ3) is 3.38. The number of para-hydroxylation sites is 1. The van der Waals surface area contributed by atoms with Gasteiger partial charge >= 0.3 is 5.97 Å². The molecule has 1 heterocycles. The van der Waals surface area contributed by atoms with Crippen molar-refractivity contribution in [3.05, 3.63) is 59.4 Å². The number of benzene rings is 2. The number of H-pyrrole nitrogens is 1. The molecule has 3 rings (SSSR count). The normalized spacial score (nSPS) is 11.9. The molecule has 2 N–H and O–H groups in total. The number of rotatable bonds is 4. The highest BCUT2D eigenvalue weighted by atomic mass is 35.5. The van der Waals surface area contributed by atoms with Gasteiger partial charge in [0.15, 0.2) is 6.10 Å². The maximum absolute atomic E-state index is 12.2. The van der Waals surface area contributed by atoms with Gasteiger partial charge in [-0.3, -0.25) is 4.79 Å². The lowest BCUT2D eigenvalue weighted by molar-refractivity contribution is -0.123. The van der Waals surface area contributed by atoms with Crippen LogP contribution in [0.1, 0.15) is 17.3 Å².